The van der Waals surface area contributed by atoms with Gasteiger partial charge in [0.05, 0.1) is 11.0 Å². The molecule has 3 nitrogen and oxygen atoms in total. The minimum absolute atomic E-state index is 0.548. The summed E-state index contributed by atoms with van der Waals surface area (Å²) in [6.45, 7) is 0. The fourth-order valence-electron chi connectivity index (χ4n) is 0.966. The largest absolute Gasteiger partial charge is 0.394 e. The highest BCUT2D eigenvalue weighted by Gasteiger charge is 1.99. The normalized spacial score (nSPS) is 10.3. The van der Waals surface area contributed by atoms with Crippen LogP contribution in [0.3, 0.4) is 0 Å². The van der Waals surface area contributed by atoms with Crippen LogP contribution in [0.4, 0.5) is 0 Å². The van der Waals surface area contributed by atoms with Crippen LogP contribution in [0.5, 0.6) is 6.01 Å². The lowest BCUT2D eigenvalue weighted by Crippen LogP contribution is -1.72. The first-order valence-electron chi connectivity index (χ1n) is 3.13. The van der Waals surface area contributed by atoms with Crippen LogP contribution in [0.2, 0.25) is 0 Å². The predicted octanol–water partition coefficient (Wildman–Crippen LogP) is 2.29. The molecule has 0 unspecified atom stereocenters. The van der Waals surface area contributed by atoms with E-state index in [0.29, 0.717) is 6.01 Å². The van der Waals surface area contributed by atoms with E-state index >= 15 is 0 Å². The highest BCUT2D eigenvalue weighted by Crippen LogP contribution is 2.15. The topological polar surface area (TPSA) is 37.9 Å². The van der Waals surface area contributed by atoms with Gasteiger partial charge in [0.1, 0.15) is 0 Å². The molecule has 0 aliphatic rings. The van der Waals surface area contributed by atoms with E-state index in [2.05, 4.69) is 9.97 Å². The molecule has 1 N–H and O–H groups in total. The van der Waals surface area contributed by atoms with Crippen LogP contribution in [-0.2, 0) is 0 Å². The zero-order chi connectivity index (χ0) is 7.68. The van der Waals surface area contributed by atoms with Gasteiger partial charge in [0.15, 0.2) is 23.0 Å². The van der Waals surface area contributed by atoms with Crippen LogP contribution in [0.1, 0.15) is 0 Å². The number of aromatic nitrogens is 2. The zero-order valence-corrected chi connectivity index (χ0v) is 7.70. The standard InChI is InChI=1S/C7H5IN2O/c8-11-7-9-5-3-1-2-4-6(5)10-7/h1-4H,(H,9,10). The molecule has 56 valence electrons. The van der Waals surface area contributed by atoms with Crippen molar-refractivity contribution in [3.05, 3.63) is 24.3 Å². The van der Waals surface area contributed by atoms with Crippen LogP contribution in [0.15, 0.2) is 24.3 Å². The molecular weight excluding hydrogens is 255 g/mol. The zero-order valence-electron chi connectivity index (χ0n) is 5.54. The van der Waals surface area contributed by atoms with Crippen LogP contribution in [0.25, 0.3) is 11.0 Å². The Morgan fingerprint density at radius 2 is 2.18 bits per heavy atom. The van der Waals surface area contributed by atoms with Gasteiger partial charge >= 0.3 is 6.01 Å². The third-order valence-corrected chi connectivity index (χ3v) is 1.86. The summed E-state index contributed by atoms with van der Waals surface area (Å²) in [5.41, 5.74) is 1.93. The maximum Gasteiger partial charge on any atom is 0.304 e. The van der Waals surface area contributed by atoms with Gasteiger partial charge in [-0.25, -0.2) is 0 Å². The Kier molecular flexibility index (Phi) is 1.69. The Bertz CT molecular complexity index is 338. The molecule has 0 spiro atoms. The summed E-state index contributed by atoms with van der Waals surface area (Å²) >= 11 is 1.79. The summed E-state index contributed by atoms with van der Waals surface area (Å²) in [6.07, 6.45) is 0. The third kappa shape index (κ3) is 1.18. The lowest BCUT2D eigenvalue weighted by Gasteiger charge is -1.82. The molecule has 0 atom stereocenters. The van der Waals surface area contributed by atoms with Gasteiger partial charge in [-0.15, -0.1) is 0 Å². The van der Waals surface area contributed by atoms with Crippen LogP contribution < -0.4 is 3.07 Å². The number of imidazole rings is 1. The summed E-state index contributed by atoms with van der Waals surface area (Å²) in [7, 11) is 0. The predicted molar refractivity (Wildman–Crippen MR) is 50.7 cm³/mol. The van der Waals surface area contributed by atoms with Gasteiger partial charge in [0.2, 0.25) is 0 Å². The summed E-state index contributed by atoms with van der Waals surface area (Å²) < 4.78 is 4.90. The molecule has 1 aromatic heterocycles. The summed E-state index contributed by atoms with van der Waals surface area (Å²) in [5, 5.41) is 0. The highest BCUT2D eigenvalue weighted by atomic mass is 127. The van der Waals surface area contributed by atoms with E-state index in [1.54, 1.807) is 23.0 Å². The van der Waals surface area contributed by atoms with Crippen LogP contribution in [-0.4, -0.2) is 9.97 Å². The van der Waals surface area contributed by atoms with Crippen molar-refractivity contribution in [1.29, 1.82) is 0 Å². The second-order valence-electron chi connectivity index (χ2n) is 2.14. The lowest BCUT2D eigenvalue weighted by molar-refractivity contribution is 0.660. The molecule has 2 rings (SSSR count). The molecule has 0 bridgehead atoms. The van der Waals surface area contributed by atoms with E-state index in [4.69, 9.17) is 3.07 Å². The summed E-state index contributed by atoms with van der Waals surface area (Å²) in [6, 6.07) is 8.34. The van der Waals surface area contributed by atoms with Gasteiger partial charge in [-0.2, -0.15) is 4.98 Å². The van der Waals surface area contributed by atoms with E-state index in [1.807, 2.05) is 24.3 Å². The first-order chi connectivity index (χ1) is 5.40. The van der Waals surface area contributed by atoms with Crippen molar-refractivity contribution in [2.45, 2.75) is 0 Å². The molecule has 0 radical (unpaired) electrons. The number of hydrogen-bond acceptors (Lipinski definition) is 2. The van der Waals surface area contributed by atoms with Crippen molar-refractivity contribution in [3.8, 4) is 6.01 Å². The minimum atomic E-state index is 0.548. The van der Waals surface area contributed by atoms with Gasteiger partial charge in [-0.3, -0.25) is 0 Å². The molecule has 0 saturated carbocycles. The molecule has 0 fully saturated rings. The molecule has 4 heteroatoms. The van der Waals surface area contributed by atoms with Gasteiger partial charge in [-0.05, 0) is 12.1 Å². The molecule has 0 aliphatic carbocycles. The van der Waals surface area contributed by atoms with Crippen molar-refractivity contribution in [3.63, 3.8) is 0 Å². The van der Waals surface area contributed by atoms with E-state index in [9.17, 15) is 0 Å². The number of para-hydroxylation sites is 2. The van der Waals surface area contributed by atoms with Crippen molar-refractivity contribution in [2.24, 2.45) is 0 Å². The number of halogens is 1. The van der Waals surface area contributed by atoms with E-state index in [1.165, 1.54) is 0 Å². The summed E-state index contributed by atoms with van der Waals surface area (Å²) in [4.78, 5) is 7.15. The quantitative estimate of drug-likeness (QED) is 0.799. The molecule has 11 heavy (non-hydrogen) atoms. The lowest BCUT2D eigenvalue weighted by atomic mass is 10.3. The van der Waals surface area contributed by atoms with Gasteiger partial charge in [0, 0.05) is 0 Å². The average molecular weight is 260 g/mol. The Hall–Kier alpha value is -0.780. The number of fused-ring (bicyclic) bond motifs is 1. The second kappa shape index (κ2) is 2.69. The Morgan fingerprint density at radius 1 is 1.36 bits per heavy atom. The maximum atomic E-state index is 4.90. The van der Waals surface area contributed by atoms with Crippen LogP contribution in [0, 0.1) is 0 Å². The van der Waals surface area contributed by atoms with Gasteiger partial charge in [-0.1, -0.05) is 12.1 Å². The molecule has 0 amide bonds. The van der Waals surface area contributed by atoms with Crippen molar-refractivity contribution >= 4 is 34.0 Å². The summed E-state index contributed by atoms with van der Waals surface area (Å²) in [5.74, 6) is 0. The number of aromatic amines is 1. The molecule has 1 aromatic carbocycles. The number of H-pyrrole nitrogens is 1. The van der Waals surface area contributed by atoms with E-state index in [0.717, 1.165) is 11.0 Å². The molecule has 0 aliphatic heterocycles. The Balaban J connectivity index is 2.69. The fourth-order valence-corrected chi connectivity index (χ4v) is 1.17. The van der Waals surface area contributed by atoms with E-state index in [-0.39, 0.29) is 0 Å². The first kappa shape index (κ1) is 6.90. The number of hydrogen-bond donors (Lipinski definition) is 1. The van der Waals surface area contributed by atoms with Crippen LogP contribution >= 0.6 is 23.0 Å². The number of rotatable bonds is 1. The van der Waals surface area contributed by atoms with Gasteiger partial charge < -0.3 is 8.05 Å². The minimum Gasteiger partial charge on any atom is -0.394 e. The van der Waals surface area contributed by atoms with E-state index < -0.39 is 0 Å². The first-order valence-corrected chi connectivity index (χ1v) is 4.01. The number of nitrogens with one attached hydrogen (secondary N) is 1. The smallest absolute Gasteiger partial charge is 0.304 e. The Morgan fingerprint density at radius 3 is 2.91 bits per heavy atom. The van der Waals surface area contributed by atoms with Crippen molar-refractivity contribution in [1.82, 2.24) is 9.97 Å². The fraction of sp³-hybridized carbons (Fsp3) is 0. The molecule has 2 aromatic rings. The average Bonchev–Trinajstić information content (AvgIpc) is 2.46. The highest BCUT2D eigenvalue weighted by molar-refractivity contribution is 14.1. The third-order valence-electron chi connectivity index (χ3n) is 1.44. The van der Waals surface area contributed by atoms with Gasteiger partial charge in [0.25, 0.3) is 0 Å². The molecular formula is C7H5IN2O. The van der Waals surface area contributed by atoms with Crippen molar-refractivity contribution < 1.29 is 3.07 Å². The number of nitrogens with zero attached hydrogens (tertiary/aromatic N) is 1. The second-order valence-corrected chi connectivity index (χ2v) is 2.58. The Labute approximate surface area is 77.5 Å². The monoisotopic (exact) mass is 260 g/mol. The maximum absolute atomic E-state index is 4.90. The molecule has 1 heterocycles. The SMILES string of the molecule is IOc1nc2ccccc2[nH]1. The number of benzene rings is 1. The van der Waals surface area contributed by atoms with Crippen molar-refractivity contribution in [2.75, 3.05) is 0 Å². The molecule has 0 saturated heterocycles.